The average molecular weight is 196 g/mol. The predicted octanol–water partition coefficient (Wildman–Crippen LogP) is 0.0372. The Labute approximate surface area is 83.4 Å². The number of carbonyl (C=O) groups is 2. The van der Waals surface area contributed by atoms with E-state index in [9.17, 15) is 9.59 Å². The van der Waals surface area contributed by atoms with Crippen molar-refractivity contribution < 1.29 is 9.59 Å². The van der Waals surface area contributed by atoms with Gasteiger partial charge in [0.15, 0.2) is 0 Å². The summed E-state index contributed by atoms with van der Waals surface area (Å²) in [4.78, 5) is 23.1. The Morgan fingerprint density at radius 3 is 2.71 bits per heavy atom. The van der Waals surface area contributed by atoms with Crippen LogP contribution in [-0.4, -0.2) is 23.9 Å². The topological polar surface area (TPSA) is 58.2 Å². The second-order valence-electron chi connectivity index (χ2n) is 4.71. The van der Waals surface area contributed by atoms with E-state index in [1.54, 1.807) is 0 Å². The molecule has 0 atom stereocenters. The molecular formula is C10H16N2O2. The standard InChI is InChI=1S/C10H16N2O2/c1-6(2)8(13)12-10-3-7(4-10)5-11-9(10)14/h6-7H,3-5H2,1-2H3,(H,11,14)(H,12,13). The Morgan fingerprint density at radius 2 is 2.21 bits per heavy atom. The lowest BCUT2D eigenvalue weighted by atomic mass is 9.64. The van der Waals surface area contributed by atoms with Gasteiger partial charge in [-0.25, -0.2) is 0 Å². The summed E-state index contributed by atoms with van der Waals surface area (Å²) in [6.45, 7) is 4.45. The molecule has 0 aromatic heterocycles. The molecule has 0 aromatic carbocycles. The SMILES string of the molecule is CC(C)C(=O)NC12CC(CNC1=O)C2. The molecule has 4 heteroatoms. The molecule has 4 nitrogen and oxygen atoms in total. The van der Waals surface area contributed by atoms with Gasteiger partial charge in [-0.1, -0.05) is 13.8 Å². The normalized spacial score (nSPS) is 34.8. The fraction of sp³-hybridized carbons (Fsp3) is 0.800. The molecule has 2 heterocycles. The molecule has 2 aliphatic heterocycles. The summed E-state index contributed by atoms with van der Waals surface area (Å²) in [6, 6.07) is 0. The lowest BCUT2D eigenvalue weighted by Crippen LogP contribution is -2.71. The fourth-order valence-electron chi connectivity index (χ4n) is 2.20. The Balaban J connectivity index is 2.03. The zero-order valence-corrected chi connectivity index (χ0v) is 8.59. The minimum Gasteiger partial charge on any atom is -0.354 e. The van der Waals surface area contributed by atoms with E-state index in [-0.39, 0.29) is 17.7 Å². The van der Waals surface area contributed by atoms with Crippen LogP contribution < -0.4 is 10.6 Å². The molecule has 3 rings (SSSR count). The van der Waals surface area contributed by atoms with E-state index in [0.29, 0.717) is 5.92 Å². The monoisotopic (exact) mass is 196 g/mol. The number of piperidine rings is 2. The largest absolute Gasteiger partial charge is 0.354 e. The van der Waals surface area contributed by atoms with E-state index in [0.717, 1.165) is 19.4 Å². The van der Waals surface area contributed by atoms with Crippen molar-refractivity contribution in [3.05, 3.63) is 0 Å². The highest BCUT2D eigenvalue weighted by Gasteiger charge is 2.54. The summed E-state index contributed by atoms with van der Waals surface area (Å²) in [7, 11) is 0. The van der Waals surface area contributed by atoms with E-state index in [4.69, 9.17) is 0 Å². The van der Waals surface area contributed by atoms with Crippen LogP contribution in [-0.2, 0) is 9.59 Å². The van der Waals surface area contributed by atoms with Gasteiger partial charge in [0.1, 0.15) is 5.54 Å². The Hall–Kier alpha value is -1.06. The molecule has 2 N–H and O–H groups in total. The second-order valence-corrected chi connectivity index (χ2v) is 4.71. The summed E-state index contributed by atoms with van der Waals surface area (Å²) in [5.74, 6) is 0.479. The molecule has 2 saturated heterocycles. The molecule has 0 aromatic rings. The van der Waals surface area contributed by atoms with Crippen LogP contribution in [0, 0.1) is 11.8 Å². The molecule has 1 aliphatic carbocycles. The smallest absolute Gasteiger partial charge is 0.245 e. The van der Waals surface area contributed by atoms with Gasteiger partial charge in [-0.2, -0.15) is 0 Å². The van der Waals surface area contributed by atoms with Gasteiger partial charge in [0.05, 0.1) is 0 Å². The summed E-state index contributed by atoms with van der Waals surface area (Å²) < 4.78 is 0. The molecule has 1 saturated carbocycles. The third-order valence-electron chi connectivity index (χ3n) is 3.15. The van der Waals surface area contributed by atoms with Gasteiger partial charge in [-0.3, -0.25) is 9.59 Å². The van der Waals surface area contributed by atoms with Crippen molar-refractivity contribution in [2.75, 3.05) is 6.54 Å². The minimum absolute atomic E-state index is 0.00556. The highest BCUT2D eigenvalue weighted by atomic mass is 16.2. The van der Waals surface area contributed by atoms with Crippen LogP contribution in [0.25, 0.3) is 0 Å². The first-order valence-electron chi connectivity index (χ1n) is 5.14. The van der Waals surface area contributed by atoms with E-state index in [1.165, 1.54) is 0 Å². The molecule has 14 heavy (non-hydrogen) atoms. The zero-order chi connectivity index (χ0) is 10.3. The predicted molar refractivity (Wildman–Crippen MR) is 51.4 cm³/mol. The highest BCUT2D eigenvalue weighted by Crippen LogP contribution is 2.40. The maximum absolute atomic E-state index is 11.6. The average Bonchev–Trinajstić information content (AvgIpc) is 2.06. The van der Waals surface area contributed by atoms with Gasteiger partial charge < -0.3 is 10.6 Å². The summed E-state index contributed by atoms with van der Waals surface area (Å²) in [5, 5.41) is 5.67. The van der Waals surface area contributed by atoms with Gasteiger partial charge in [0.25, 0.3) is 0 Å². The van der Waals surface area contributed by atoms with Crippen LogP contribution in [0.3, 0.4) is 0 Å². The molecule has 2 amide bonds. The first kappa shape index (κ1) is 9.49. The van der Waals surface area contributed by atoms with E-state index in [1.807, 2.05) is 13.8 Å². The summed E-state index contributed by atoms with van der Waals surface area (Å²) >= 11 is 0. The van der Waals surface area contributed by atoms with Crippen molar-refractivity contribution in [1.29, 1.82) is 0 Å². The molecule has 0 radical (unpaired) electrons. The molecule has 3 fully saturated rings. The van der Waals surface area contributed by atoms with Crippen molar-refractivity contribution in [1.82, 2.24) is 10.6 Å². The summed E-state index contributed by atoms with van der Waals surface area (Å²) in [6.07, 6.45) is 1.63. The number of hydrogen-bond acceptors (Lipinski definition) is 2. The van der Waals surface area contributed by atoms with E-state index >= 15 is 0 Å². The first-order chi connectivity index (χ1) is 6.53. The molecule has 78 valence electrons. The quantitative estimate of drug-likeness (QED) is 0.655. The van der Waals surface area contributed by atoms with Crippen LogP contribution in [0.5, 0.6) is 0 Å². The number of fused-ring (bicyclic) bond motifs is 2. The number of hydrogen-bond donors (Lipinski definition) is 2. The van der Waals surface area contributed by atoms with Crippen molar-refractivity contribution >= 4 is 11.8 Å². The molecular weight excluding hydrogens is 180 g/mol. The van der Waals surface area contributed by atoms with Crippen LogP contribution in [0.15, 0.2) is 0 Å². The Kier molecular flexibility index (Phi) is 2.01. The van der Waals surface area contributed by atoms with Crippen molar-refractivity contribution in [3.8, 4) is 0 Å². The number of nitrogens with one attached hydrogen (secondary N) is 2. The number of carbonyl (C=O) groups excluding carboxylic acids is 2. The third kappa shape index (κ3) is 1.29. The Morgan fingerprint density at radius 1 is 1.57 bits per heavy atom. The van der Waals surface area contributed by atoms with Crippen LogP contribution >= 0.6 is 0 Å². The highest BCUT2D eigenvalue weighted by molar-refractivity contribution is 5.94. The maximum Gasteiger partial charge on any atom is 0.245 e. The summed E-state index contributed by atoms with van der Waals surface area (Å²) in [5.41, 5.74) is -0.565. The second kappa shape index (κ2) is 2.97. The molecule has 2 bridgehead atoms. The number of amides is 2. The van der Waals surface area contributed by atoms with Gasteiger partial charge in [-0.05, 0) is 18.8 Å². The minimum atomic E-state index is -0.565. The number of rotatable bonds is 2. The maximum atomic E-state index is 11.6. The first-order valence-corrected chi connectivity index (χ1v) is 5.14. The lowest BCUT2D eigenvalue weighted by molar-refractivity contribution is -0.145. The van der Waals surface area contributed by atoms with Crippen molar-refractivity contribution in [2.24, 2.45) is 11.8 Å². The molecule has 0 unspecified atom stereocenters. The lowest BCUT2D eigenvalue weighted by Gasteiger charge is -2.51. The fourth-order valence-corrected chi connectivity index (χ4v) is 2.20. The molecule has 0 spiro atoms. The van der Waals surface area contributed by atoms with Gasteiger partial charge in [-0.15, -0.1) is 0 Å². The van der Waals surface area contributed by atoms with Gasteiger partial charge in [0.2, 0.25) is 11.8 Å². The van der Waals surface area contributed by atoms with Crippen LogP contribution in [0.4, 0.5) is 0 Å². The van der Waals surface area contributed by atoms with Crippen LogP contribution in [0.1, 0.15) is 26.7 Å². The van der Waals surface area contributed by atoms with Crippen LogP contribution in [0.2, 0.25) is 0 Å². The molecule has 3 aliphatic rings. The third-order valence-corrected chi connectivity index (χ3v) is 3.15. The van der Waals surface area contributed by atoms with Gasteiger partial charge in [0, 0.05) is 12.5 Å². The zero-order valence-electron chi connectivity index (χ0n) is 8.59. The van der Waals surface area contributed by atoms with E-state index < -0.39 is 5.54 Å². The van der Waals surface area contributed by atoms with Gasteiger partial charge >= 0.3 is 0 Å². The Bertz CT molecular complexity index is 280. The van der Waals surface area contributed by atoms with E-state index in [2.05, 4.69) is 10.6 Å². The van der Waals surface area contributed by atoms with Crippen molar-refractivity contribution in [3.63, 3.8) is 0 Å². The van der Waals surface area contributed by atoms with Crippen molar-refractivity contribution in [2.45, 2.75) is 32.2 Å².